The van der Waals surface area contributed by atoms with Crippen molar-refractivity contribution >= 4 is 0 Å². The average molecular weight is 279 g/mol. The van der Waals surface area contributed by atoms with Crippen LogP contribution in [0.5, 0.6) is 5.75 Å². The Morgan fingerprint density at radius 2 is 1.75 bits per heavy atom. The van der Waals surface area contributed by atoms with Crippen LogP contribution in [0, 0.1) is 11.8 Å². The predicted molar refractivity (Wildman–Crippen MR) is 84.0 cm³/mol. The molecule has 3 unspecified atom stereocenters. The molecule has 20 heavy (non-hydrogen) atoms. The van der Waals surface area contributed by atoms with Gasteiger partial charge in [0.05, 0.1) is 12.7 Å². The molecule has 3 heteroatoms. The summed E-state index contributed by atoms with van der Waals surface area (Å²) in [5.74, 6) is 1.62. The Balaban J connectivity index is 2.74. The third kappa shape index (κ3) is 4.80. The highest BCUT2D eigenvalue weighted by Gasteiger charge is 2.24. The van der Waals surface area contributed by atoms with E-state index in [4.69, 9.17) is 10.5 Å². The summed E-state index contributed by atoms with van der Waals surface area (Å²) in [4.78, 5) is 0. The molecular formula is C17H29NO2. The fourth-order valence-electron chi connectivity index (χ4n) is 2.18. The molecule has 3 N–H and O–H groups in total. The fraction of sp³-hybridized carbons (Fsp3) is 0.647. The minimum absolute atomic E-state index is 0.0101. The molecule has 0 aromatic heterocycles. The molecule has 0 fully saturated rings. The first-order valence-electron chi connectivity index (χ1n) is 7.60. The maximum atomic E-state index is 10.4. The molecule has 1 aromatic rings. The molecule has 0 spiro atoms. The molecule has 3 nitrogen and oxygen atoms in total. The van der Waals surface area contributed by atoms with Crippen LogP contribution in [-0.4, -0.2) is 24.4 Å². The molecule has 3 atom stereocenters. The molecule has 0 amide bonds. The first-order valence-corrected chi connectivity index (χ1v) is 7.60. The molecule has 1 aromatic carbocycles. The van der Waals surface area contributed by atoms with Gasteiger partial charge in [0.2, 0.25) is 0 Å². The normalized spacial score (nSPS) is 15.9. The lowest BCUT2D eigenvalue weighted by Crippen LogP contribution is -2.30. The number of hydrogen-bond donors (Lipinski definition) is 2. The molecule has 0 saturated carbocycles. The van der Waals surface area contributed by atoms with Gasteiger partial charge in [-0.05, 0) is 29.5 Å². The van der Waals surface area contributed by atoms with Gasteiger partial charge in [0.25, 0.3) is 0 Å². The molecule has 114 valence electrons. The highest BCUT2D eigenvalue weighted by molar-refractivity contribution is 5.30. The van der Waals surface area contributed by atoms with Crippen LogP contribution in [0.4, 0.5) is 0 Å². The van der Waals surface area contributed by atoms with Crippen molar-refractivity contribution in [1.29, 1.82) is 0 Å². The lowest BCUT2D eigenvalue weighted by Gasteiger charge is -2.26. The van der Waals surface area contributed by atoms with Gasteiger partial charge in [-0.25, -0.2) is 0 Å². The second-order valence-electron chi connectivity index (χ2n) is 5.99. The van der Waals surface area contributed by atoms with Crippen LogP contribution in [0.1, 0.15) is 45.6 Å². The van der Waals surface area contributed by atoms with Crippen LogP contribution in [0.25, 0.3) is 0 Å². The Morgan fingerprint density at radius 1 is 1.15 bits per heavy atom. The Morgan fingerprint density at radius 3 is 2.20 bits per heavy atom. The molecular weight excluding hydrogens is 250 g/mol. The quantitative estimate of drug-likeness (QED) is 0.768. The minimum Gasteiger partial charge on any atom is -0.493 e. The smallest absolute Gasteiger partial charge is 0.119 e. The monoisotopic (exact) mass is 279 g/mol. The highest BCUT2D eigenvalue weighted by atomic mass is 16.5. The minimum atomic E-state index is -0.396. The largest absolute Gasteiger partial charge is 0.493 e. The number of aliphatic hydroxyl groups excluding tert-OH is 1. The van der Waals surface area contributed by atoms with Crippen molar-refractivity contribution < 1.29 is 9.84 Å². The number of aliphatic hydroxyl groups is 1. The number of hydrogen-bond acceptors (Lipinski definition) is 3. The molecule has 0 aliphatic carbocycles. The maximum absolute atomic E-state index is 10.4. The van der Waals surface area contributed by atoms with Crippen molar-refractivity contribution in [1.82, 2.24) is 0 Å². The number of benzene rings is 1. The Hall–Kier alpha value is -1.06. The van der Waals surface area contributed by atoms with E-state index in [1.165, 1.54) is 0 Å². The molecule has 0 heterocycles. The summed E-state index contributed by atoms with van der Waals surface area (Å²) in [6.07, 6.45) is 0.556. The van der Waals surface area contributed by atoms with E-state index in [1.54, 1.807) is 0 Å². The van der Waals surface area contributed by atoms with Gasteiger partial charge in [-0.3, -0.25) is 0 Å². The summed E-state index contributed by atoms with van der Waals surface area (Å²) in [7, 11) is 0. The molecule has 0 bridgehead atoms. The Bertz CT molecular complexity index is 375. The van der Waals surface area contributed by atoms with Gasteiger partial charge in [0.15, 0.2) is 0 Å². The van der Waals surface area contributed by atoms with Gasteiger partial charge in [-0.2, -0.15) is 0 Å². The van der Waals surface area contributed by atoms with Crippen molar-refractivity contribution in [3.05, 3.63) is 29.8 Å². The second kappa shape index (κ2) is 8.28. The van der Waals surface area contributed by atoms with Crippen LogP contribution in [0.3, 0.4) is 0 Å². The Kier molecular flexibility index (Phi) is 7.03. The number of ether oxygens (including phenoxy) is 1. The van der Waals surface area contributed by atoms with Gasteiger partial charge >= 0.3 is 0 Å². The molecule has 0 radical (unpaired) electrons. The molecule has 0 aliphatic heterocycles. The zero-order valence-corrected chi connectivity index (χ0v) is 13.2. The summed E-state index contributed by atoms with van der Waals surface area (Å²) in [6.45, 7) is 9.58. The van der Waals surface area contributed by atoms with Crippen LogP contribution in [-0.2, 0) is 0 Å². The third-order valence-corrected chi connectivity index (χ3v) is 3.78. The molecule has 1 rings (SSSR count). The van der Waals surface area contributed by atoms with Crippen LogP contribution < -0.4 is 10.5 Å². The topological polar surface area (TPSA) is 55.5 Å². The lowest BCUT2D eigenvalue weighted by atomic mass is 9.85. The molecule has 0 aliphatic rings. The van der Waals surface area contributed by atoms with E-state index < -0.39 is 6.10 Å². The average Bonchev–Trinajstić information content (AvgIpc) is 2.46. The van der Waals surface area contributed by atoms with Gasteiger partial charge in [0, 0.05) is 12.5 Å². The van der Waals surface area contributed by atoms with E-state index in [-0.39, 0.29) is 11.8 Å². The van der Waals surface area contributed by atoms with E-state index in [9.17, 15) is 5.11 Å². The third-order valence-electron chi connectivity index (χ3n) is 3.78. The van der Waals surface area contributed by atoms with Gasteiger partial charge in [0.1, 0.15) is 5.75 Å². The molecule has 0 saturated heterocycles. The summed E-state index contributed by atoms with van der Waals surface area (Å²) in [5.41, 5.74) is 6.92. The highest BCUT2D eigenvalue weighted by Crippen LogP contribution is 2.26. The Labute approximate surface area is 123 Å². The zero-order chi connectivity index (χ0) is 15.1. The summed E-state index contributed by atoms with van der Waals surface area (Å²) in [5, 5.41) is 10.4. The van der Waals surface area contributed by atoms with Gasteiger partial charge < -0.3 is 15.6 Å². The van der Waals surface area contributed by atoms with Crippen LogP contribution in [0.2, 0.25) is 0 Å². The SMILES string of the molecule is CCC(C)C(O)C(CN)c1ccc(OCC(C)C)cc1. The van der Waals surface area contributed by atoms with Crippen LogP contribution >= 0.6 is 0 Å². The predicted octanol–water partition coefficient (Wildman–Crippen LogP) is 3.17. The lowest BCUT2D eigenvalue weighted by molar-refractivity contribution is 0.0886. The second-order valence-corrected chi connectivity index (χ2v) is 5.99. The summed E-state index contributed by atoms with van der Waals surface area (Å²) in [6, 6.07) is 7.95. The van der Waals surface area contributed by atoms with Crippen molar-refractivity contribution in [3.63, 3.8) is 0 Å². The zero-order valence-electron chi connectivity index (χ0n) is 13.2. The first-order chi connectivity index (χ1) is 9.49. The summed E-state index contributed by atoms with van der Waals surface area (Å²) < 4.78 is 5.67. The van der Waals surface area contributed by atoms with Gasteiger partial charge in [-0.15, -0.1) is 0 Å². The summed E-state index contributed by atoms with van der Waals surface area (Å²) >= 11 is 0. The van der Waals surface area contributed by atoms with Crippen molar-refractivity contribution in [2.24, 2.45) is 17.6 Å². The van der Waals surface area contributed by atoms with Crippen molar-refractivity contribution in [3.8, 4) is 5.75 Å². The van der Waals surface area contributed by atoms with E-state index >= 15 is 0 Å². The van der Waals surface area contributed by atoms with Crippen LogP contribution in [0.15, 0.2) is 24.3 Å². The fourth-order valence-corrected chi connectivity index (χ4v) is 2.18. The number of rotatable bonds is 8. The maximum Gasteiger partial charge on any atom is 0.119 e. The van der Waals surface area contributed by atoms with E-state index in [1.807, 2.05) is 24.3 Å². The number of nitrogens with two attached hydrogens (primary N) is 1. The van der Waals surface area contributed by atoms with Gasteiger partial charge in [-0.1, -0.05) is 46.2 Å². The van der Waals surface area contributed by atoms with Crippen molar-refractivity contribution in [2.45, 2.75) is 46.1 Å². The van der Waals surface area contributed by atoms with E-state index in [2.05, 4.69) is 27.7 Å². The van der Waals surface area contributed by atoms with E-state index in [0.29, 0.717) is 12.5 Å². The van der Waals surface area contributed by atoms with Crippen molar-refractivity contribution in [2.75, 3.05) is 13.2 Å². The standard InChI is InChI=1S/C17H29NO2/c1-5-13(4)17(19)16(10-18)14-6-8-15(9-7-14)20-11-12(2)3/h6-9,12-13,16-17,19H,5,10-11,18H2,1-4H3. The first kappa shape index (κ1) is 17.0. The van der Waals surface area contributed by atoms with E-state index in [0.717, 1.165) is 24.3 Å².